The number of halogens is 2. The number of aromatic amines is 1. The van der Waals surface area contributed by atoms with Crippen LogP contribution < -0.4 is 5.73 Å². The Morgan fingerprint density at radius 2 is 2.38 bits per heavy atom. The maximum atomic E-state index is 13.3. The number of nitrogens with two attached hydrogens (primary N) is 1. The molecule has 0 bridgehead atoms. The van der Waals surface area contributed by atoms with E-state index in [9.17, 15) is 4.39 Å². The highest BCUT2D eigenvalue weighted by Gasteiger charge is 2.15. The average molecular weight is 309 g/mol. The quantitative estimate of drug-likeness (QED) is 0.795. The zero-order valence-electron chi connectivity index (χ0n) is 6.34. The molecule has 2 aromatic heterocycles. The summed E-state index contributed by atoms with van der Waals surface area (Å²) in [5, 5.41) is 8.06. The number of thiophene rings is 1. The SMILES string of the molecule is Nc1n[nH]c(-c2sccc2I)c1F. The van der Waals surface area contributed by atoms with Crippen molar-refractivity contribution in [1.29, 1.82) is 0 Å². The topological polar surface area (TPSA) is 54.7 Å². The minimum absolute atomic E-state index is 0.0841. The molecule has 2 aromatic rings. The molecule has 0 fully saturated rings. The minimum Gasteiger partial charge on any atom is -0.380 e. The van der Waals surface area contributed by atoms with Crippen molar-refractivity contribution in [1.82, 2.24) is 10.2 Å². The molecule has 0 radical (unpaired) electrons. The first-order valence-electron chi connectivity index (χ1n) is 3.43. The van der Waals surface area contributed by atoms with Crippen LogP contribution in [0, 0.1) is 9.39 Å². The Labute approximate surface area is 91.3 Å². The lowest BCUT2D eigenvalue weighted by molar-refractivity contribution is 0.637. The highest BCUT2D eigenvalue weighted by Crippen LogP contribution is 2.32. The van der Waals surface area contributed by atoms with Gasteiger partial charge in [0.15, 0.2) is 11.6 Å². The molecule has 2 rings (SSSR count). The van der Waals surface area contributed by atoms with Crippen molar-refractivity contribution in [3.63, 3.8) is 0 Å². The van der Waals surface area contributed by atoms with E-state index in [0.29, 0.717) is 5.69 Å². The Morgan fingerprint density at radius 3 is 2.85 bits per heavy atom. The Balaban J connectivity index is 2.59. The van der Waals surface area contributed by atoms with Crippen LogP contribution in [-0.4, -0.2) is 10.2 Å². The van der Waals surface area contributed by atoms with Crippen LogP contribution in [0.4, 0.5) is 10.2 Å². The molecule has 0 saturated heterocycles. The van der Waals surface area contributed by atoms with Crippen molar-refractivity contribution >= 4 is 39.7 Å². The Bertz CT molecular complexity index is 437. The molecule has 0 aliphatic heterocycles. The van der Waals surface area contributed by atoms with E-state index in [0.717, 1.165) is 8.45 Å². The number of nitrogen functional groups attached to an aromatic ring is 1. The van der Waals surface area contributed by atoms with Gasteiger partial charge in [0.25, 0.3) is 0 Å². The first-order chi connectivity index (χ1) is 6.20. The van der Waals surface area contributed by atoms with Gasteiger partial charge in [-0.15, -0.1) is 11.3 Å². The molecule has 0 aliphatic rings. The average Bonchev–Trinajstić information content (AvgIpc) is 2.62. The van der Waals surface area contributed by atoms with E-state index in [1.807, 2.05) is 11.4 Å². The van der Waals surface area contributed by atoms with E-state index >= 15 is 0 Å². The molecule has 0 unspecified atom stereocenters. The maximum absolute atomic E-state index is 13.3. The summed E-state index contributed by atoms with van der Waals surface area (Å²) < 4.78 is 14.3. The smallest absolute Gasteiger partial charge is 0.193 e. The zero-order valence-corrected chi connectivity index (χ0v) is 9.32. The summed E-state index contributed by atoms with van der Waals surface area (Å²) in [5.74, 6) is -0.556. The van der Waals surface area contributed by atoms with E-state index in [4.69, 9.17) is 5.73 Å². The first-order valence-corrected chi connectivity index (χ1v) is 5.38. The summed E-state index contributed by atoms with van der Waals surface area (Å²) in [6.07, 6.45) is 0. The molecule has 0 saturated carbocycles. The molecule has 0 amide bonds. The lowest BCUT2D eigenvalue weighted by Gasteiger charge is -1.92. The second-order valence-electron chi connectivity index (χ2n) is 2.40. The fraction of sp³-hybridized carbons (Fsp3) is 0. The van der Waals surface area contributed by atoms with E-state index in [2.05, 4.69) is 32.8 Å². The van der Waals surface area contributed by atoms with Crippen LogP contribution in [-0.2, 0) is 0 Å². The fourth-order valence-corrected chi connectivity index (χ4v) is 2.81. The number of hydrogen-bond acceptors (Lipinski definition) is 3. The Hall–Kier alpha value is -0.630. The molecule has 13 heavy (non-hydrogen) atoms. The van der Waals surface area contributed by atoms with Crippen LogP contribution in [0.25, 0.3) is 10.6 Å². The predicted octanol–water partition coefficient (Wildman–Crippen LogP) is 2.46. The number of rotatable bonds is 1. The highest BCUT2D eigenvalue weighted by molar-refractivity contribution is 14.1. The number of hydrogen-bond donors (Lipinski definition) is 2. The third-order valence-electron chi connectivity index (χ3n) is 1.58. The van der Waals surface area contributed by atoms with Gasteiger partial charge in [0, 0.05) is 3.57 Å². The number of anilines is 1. The molecule has 3 N–H and O–H groups in total. The first kappa shape index (κ1) is 8.95. The summed E-state index contributed by atoms with van der Waals surface area (Å²) in [5.41, 5.74) is 5.65. The number of H-pyrrole nitrogens is 1. The van der Waals surface area contributed by atoms with Gasteiger partial charge in [-0.2, -0.15) is 5.10 Å². The minimum atomic E-state index is -0.472. The van der Waals surface area contributed by atoms with Crippen molar-refractivity contribution in [3.05, 3.63) is 20.8 Å². The van der Waals surface area contributed by atoms with Crippen molar-refractivity contribution in [2.75, 3.05) is 5.73 Å². The summed E-state index contributed by atoms with van der Waals surface area (Å²) in [6.45, 7) is 0. The van der Waals surface area contributed by atoms with Gasteiger partial charge < -0.3 is 5.73 Å². The van der Waals surface area contributed by atoms with E-state index in [-0.39, 0.29) is 5.82 Å². The van der Waals surface area contributed by atoms with Crippen LogP contribution in [0.3, 0.4) is 0 Å². The summed E-state index contributed by atoms with van der Waals surface area (Å²) in [6, 6.07) is 1.91. The van der Waals surface area contributed by atoms with Crippen molar-refractivity contribution < 1.29 is 4.39 Å². The molecular formula is C7H5FIN3S. The van der Waals surface area contributed by atoms with Gasteiger partial charge in [-0.25, -0.2) is 4.39 Å². The standard InChI is InChI=1S/C7H5FIN3S/c8-4-5(11-12-7(4)10)6-3(9)1-2-13-6/h1-2H,(H3,10,11,12). The van der Waals surface area contributed by atoms with Gasteiger partial charge in [-0.05, 0) is 34.0 Å². The van der Waals surface area contributed by atoms with Crippen LogP contribution in [0.2, 0.25) is 0 Å². The second kappa shape index (κ2) is 3.26. The highest BCUT2D eigenvalue weighted by atomic mass is 127. The van der Waals surface area contributed by atoms with Crippen molar-refractivity contribution in [2.45, 2.75) is 0 Å². The van der Waals surface area contributed by atoms with Gasteiger partial charge in [0.05, 0.1) is 4.88 Å². The van der Waals surface area contributed by atoms with Gasteiger partial charge in [0.2, 0.25) is 0 Å². The molecule has 0 aromatic carbocycles. The molecule has 3 nitrogen and oxygen atoms in total. The van der Waals surface area contributed by atoms with Crippen LogP contribution >= 0.6 is 33.9 Å². The van der Waals surface area contributed by atoms with Crippen molar-refractivity contribution in [3.8, 4) is 10.6 Å². The Kier molecular flexibility index (Phi) is 2.24. The van der Waals surface area contributed by atoms with Crippen LogP contribution in [0.5, 0.6) is 0 Å². The van der Waals surface area contributed by atoms with Gasteiger partial charge in [-0.3, -0.25) is 5.10 Å². The third kappa shape index (κ3) is 1.44. The van der Waals surface area contributed by atoms with Crippen molar-refractivity contribution in [2.24, 2.45) is 0 Å². The number of nitrogens with zero attached hydrogens (tertiary/aromatic N) is 1. The lowest BCUT2D eigenvalue weighted by atomic mass is 10.3. The molecule has 6 heteroatoms. The molecule has 0 atom stereocenters. The zero-order chi connectivity index (χ0) is 9.42. The molecule has 68 valence electrons. The van der Waals surface area contributed by atoms with Crippen LogP contribution in [0.1, 0.15) is 0 Å². The normalized spacial score (nSPS) is 10.6. The predicted molar refractivity (Wildman–Crippen MR) is 59.0 cm³/mol. The second-order valence-corrected chi connectivity index (χ2v) is 4.47. The summed E-state index contributed by atoms with van der Waals surface area (Å²) >= 11 is 3.60. The van der Waals surface area contributed by atoms with E-state index < -0.39 is 5.82 Å². The third-order valence-corrected chi connectivity index (χ3v) is 3.77. The fourth-order valence-electron chi connectivity index (χ4n) is 0.965. The molecule has 0 spiro atoms. The molecule has 0 aliphatic carbocycles. The Morgan fingerprint density at radius 1 is 1.62 bits per heavy atom. The van der Waals surface area contributed by atoms with Crippen LogP contribution in [0.15, 0.2) is 11.4 Å². The summed E-state index contributed by atoms with van der Waals surface area (Å²) in [4.78, 5) is 0.835. The summed E-state index contributed by atoms with van der Waals surface area (Å²) in [7, 11) is 0. The molecule has 2 heterocycles. The lowest BCUT2D eigenvalue weighted by Crippen LogP contribution is -1.87. The molecular weight excluding hydrogens is 304 g/mol. The largest absolute Gasteiger partial charge is 0.380 e. The van der Waals surface area contributed by atoms with Gasteiger partial charge in [-0.1, -0.05) is 0 Å². The monoisotopic (exact) mass is 309 g/mol. The van der Waals surface area contributed by atoms with E-state index in [1.165, 1.54) is 11.3 Å². The van der Waals surface area contributed by atoms with E-state index in [1.54, 1.807) is 0 Å². The number of aromatic nitrogens is 2. The number of nitrogens with one attached hydrogen (secondary N) is 1. The van der Waals surface area contributed by atoms with Gasteiger partial charge >= 0.3 is 0 Å². The maximum Gasteiger partial charge on any atom is 0.193 e. The van der Waals surface area contributed by atoms with Gasteiger partial charge in [0.1, 0.15) is 5.69 Å².